The van der Waals surface area contributed by atoms with Crippen LogP contribution in [0.3, 0.4) is 0 Å². The van der Waals surface area contributed by atoms with Crippen LogP contribution in [0, 0.1) is 0 Å². The Morgan fingerprint density at radius 3 is 3.06 bits per heavy atom. The second-order valence-electron chi connectivity index (χ2n) is 3.44. The Hall–Kier alpha value is -1.69. The van der Waals surface area contributed by atoms with Crippen molar-refractivity contribution in [1.29, 1.82) is 0 Å². The standard InChI is InChI=1S/C11H13N3O2S/c1-3-14-11(12-7-13-14)5-9(15)10-4-8(16-2)6-17-10/h4,6-7H,3,5H2,1-2H3. The molecule has 0 bridgehead atoms. The number of hydrogen-bond acceptors (Lipinski definition) is 5. The molecule has 90 valence electrons. The Labute approximate surface area is 103 Å². The van der Waals surface area contributed by atoms with Crippen LogP contribution in [0.2, 0.25) is 0 Å². The third-order valence-electron chi connectivity index (χ3n) is 2.40. The lowest BCUT2D eigenvalue weighted by atomic mass is 10.2. The van der Waals surface area contributed by atoms with Crippen molar-refractivity contribution in [3.8, 4) is 5.75 Å². The molecule has 6 heteroatoms. The molecule has 0 saturated carbocycles. The number of aryl methyl sites for hydroxylation is 1. The maximum absolute atomic E-state index is 12.0. The van der Waals surface area contributed by atoms with Gasteiger partial charge in [-0.3, -0.25) is 4.79 Å². The monoisotopic (exact) mass is 251 g/mol. The van der Waals surface area contributed by atoms with Crippen LogP contribution in [0.15, 0.2) is 17.8 Å². The number of hydrogen-bond donors (Lipinski definition) is 0. The molecule has 0 spiro atoms. The van der Waals surface area contributed by atoms with Gasteiger partial charge in [-0.2, -0.15) is 5.10 Å². The van der Waals surface area contributed by atoms with Crippen molar-refractivity contribution in [2.45, 2.75) is 19.9 Å². The largest absolute Gasteiger partial charge is 0.496 e. The number of nitrogens with zero attached hydrogens (tertiary/aromatic N) is 3. The molecular weight excluding hydrogens is 238 g/mol. The maximum Gasteiger partial charge on any atom is 0.180 e. The molecule has 0 N–H and O–H groups in total. The zero-order valence-electron chi connectivity index (χ0n) is 9.71. The van der Waals surface area contributed by atoms with Gasteiger partial charge in [0.2, 0.25) is 0 Å². The minimum Gasteiger partial charge on any atom is -0.496 e. The summed E-state index contributed by atoms with van der Waals surface area (Å²) in [6, 6.07) is 1.75. The Morgan fingerprint density at radius 2 is 2.41 bits per heavy atom. The van der Waals surface area contributed by atoms with Crippen molar-refractivity contribution in [3.05, 3.63) is 28.5 Å². The quantitative estimate of drug-likeness (QED) is 0.760. The Morgan fingerprint density at radius 1 is 1.59 bits per heavy atom. The van der Waals surface area contributed by atoms with Gasteiger partial charge in [0.25, 0.3) is 0 Å². The van der Waals surface area contributed by atoms with Crippen LogP contribution in [0.25, 0.3) is 0 Å². The average Bonchev–Trinajstić information content (AvgIpc) is 2.96. The number of carbonyl (C=O) groups excluding carboxylic acids is 1. The molecular formula is C11H13N3O2S. The lowest BCUT2D eigenvalue weighted by Crippen LogP contribution is -2.09. The van der Waals surface area contributed by atoms with Crippen molar-refractivity contribution in [2.75, 3.05) is 7.11 Å². The molecule has 2 rings (SSSR count). The van der Waals surface area contributed by atoms with E-state index in [0.29, 0.717) is 10.7 Å². The second kappa shape index (κ2) is 5.09. The van der Waals surface area contributed by atoms with Crippen LogP contribution in [0.1, 0.15) is 22.4 Å². The molecule has 0 aliphatic carbocycles. The fourth-order valence-electron chi connectivity index (χ4n) is 1.49. The van der Waals surface area contributed by atoms with E-state index in [9.17, 15) is 4.79 Å². The topological polar surface area (TPSA) is 57.0 Å². The highest BCUT2D eigenvalue weighted by Gasteiger charge is 2.13. The van der Waals surface area contributed by atoms with Gasteiger partial charge in [0.15, 0.2) is 5.78 Å². The molecule has 0 amide bonds. The van der Waals surface area contributed by atoms with Crippen molar-refractivity contribution >= 4 is 17.1 Å². The molecule has 0 unspecified atom stereocenters. The van der Waals surface area contributed by atoms with Gasteiger partial charge < -0.3 is 4.74 Å². The first-order valence-corrected chi connectivity index (χ1v) is 6.15. The highest BCUT2D eigenvalue weighted by atomic mass is 32.1. The summed E-state index contributed by atoms with van der Waals surface area (Å²) in [5, 5.41) is 5.85. The van der Waals surface area contributed by atoms with E-state index >= 15 is 0 Å². The average molecular weight is 251 g/mol. The van der Waals surface area contributed by atoms with Crippen molar-refractivity contribution in [2.24, 2.45) is 0 Å². The lowest BCUT2D eigenvalue weighted by Gasteiger charge is -2.00. The van der Waals surface area contributed by atoms with Crippen LogP contribution in [0.5, 0.6) is 5.75 Å². The molecule has 0 aliphatic heterocycles. The van der Waals surface area contributed by atoms with Crippen LogP contribution < -0.4 is 4.74 Å². The SMILES string of the molecule is CCn1ncnc1CC(=O)c1cc(OC)cs1. The number of ketones is 1. The molecule has 5 nitrogen and oxygen atoms in total. The fraction of sp³-hybridized carbons (Fsp3) is 0.364. The first-order valence-electron chi connectivity index (χ1n) is 5.27. The number of aromatic nitrogens is 3. The number of Topliss-reactive ketones (excluding diaryl/α,β-unsaturated/α-hetero) is 1. The number of ether oxygens (including phenoxy) is 1. The summed E-state index contributed by atoms with van der Waals surface area (Å²) >= 11 is 1.39. The van der Waals surface area contributed by atoms with Gasteiger partial charge in [-0.1, -0.05) is 0 Å². The van der Waals surface area contributed by atoms with Crippen molar-refractivity contribution in [1.82, 2.24) is 14.8 Å². The Balaban J connectivity index is 2.11. The number of thiophene rings is 1. The van der Waals surface area contributed by atoms with E-state index in [2.05, 4.69) is 10.1 Å². The minimum absolute atomic E-state index is 0.0426. The van der Waals surface area contributed by atoms with E-state index in [1.54, 1.807) is 17.9 Å². The van der Waals surface area contributed by atoms with Gasteiger partial charge in [0.05, 0.1) is 18.4 Å². The van der Waals surface area contributed by atoms with E-state index in [1.165, 1.54) is 17.7 Å². The normalized spacial score (nSPS) is 10.5. The van der Waals surface area contributed by atoms with Gasteiger partial charge in [-0.15, -0.1) is 11.3 Å². The van der Waals surface area contributed by atoms with E-state index < -0.39 is 0 Å². The summed E-state index contributed by atoms with van der Waals surface area (Å²) < 4.78 is 6.78. The van der Waals surface area contributed by atoms with Crippen molar-refractivity contribution in [3.63, 3.8) is 0 Å². The summed E-state index contributed by atoms with van der Waals surface area (Å²) in [4.78, 5) is 16.8. The van der Waals surface area contributed by atoms with Gasteiger partial charge in [0.1, 0.15) is 17.9 Å². The molecule has 0 saturated heterocycles. The van der Waals surface area contributed by atoms with Crippen molar-refractivity contribution < 1.29 is 9.53 Å². The summed E-state index contributed by atoms with van der Waals surface area (Å²) in [6.07, 6.45) is 1.75. The Bertz CT molecular complexity index is 518. The van der Waals surface area contributed by atoms with Gasteiger partial charge in [0, 0.05) is 18.0 Å². The Kier molecular flexibility index (Phi) is 3.53. The van der Waals surface area contributed by atoms with E-state index in [1.807, 2.05) is 12.3 Å². The number of methoxy groups -OCH3 is 1. The molecule has 0 aromatic carbocycles. The van der Waals surface area contributed by atoms with Gasteiger partial charge >= 0.3 is 0 Å². The summed E-state index contributed by atoms with van der Waals surface area (Å²) in [5.74, 6) is 1.46. The van der Waals surface area contributed by atoms with Crippen LogP contribution in [-0.4, -0.2) is 27.7 Å². The fourth-order valence-corrected chi connectivity index (χ4v) is 2.29. The third kappa shape index (κ3) is 2.52. The zero-order valence-corrected chi connectivity index (χ0v) is 10.5. The first-order chi connectivity index (χ1) is 8.24. The highest BCUT2D eigenvalue weighted by Crippen LogP contribution is 2.22. The lowest BCUT2D eigenvalue weighted by molar-refractivity contribution is 0.0993. The van der Waals surface area contributed by atoms with Crippen LogP contribution in [-0.2, 0) is 13.0 Å². The molecule has 2 aromatic heterocycles. The third-order valence-corrected chi connectivity index (χ3v) is 3.35. The molecule has 0 atom stereocenters. The maximum atomic E-state index is 12.0. The minimum atomic E-state index is 0.0426. The predicted molar refractivity (Wildman–Crippen MR) is 64.6 cm³/mol. The number of carbonyl (C=O) groups is 1. The summed E-state index contributed by atoms with van der Waals surface area (Å²) in [5.41, 5.74) is 0. The van der Waals surface area contributed by atoms with Crippen LogP contribution >= 0.6 is 11.3 Å². The molecule has 2 aromatic rings. The highest BCUT2D eigenvalue weighted by molar-refractivity contribution is 7.12. The first kappa shape index (κ1) is 11.8. The van der Waals surface area contributed by atoms with E-state index in [4.69, 9.17) is 4.74 Å². The molecule has 0 radical (unpaired) electrons. The molecule has 17 heavy (non-hydrogen) atoms. The summed E-state index contributed by atoms with van der Waals surface area (Å²) in [7, 11) is 1.59. The van der Waals surface area contributed by atoms with E-state index in [0.717, 1.165) is 12.3 Å². The summed E-state index contributed by atoms with van der Waals surface area (Å²) in [6.45, 7) is 2.69. The molecule has 0 fully saturated rings. The number of rotatable bonds is 5. The predicted octanol–water partition coefficient (Wildman–Crippen LogP) is 1.79. The van der Waals surface area contributed by atoms with E-state index in [-0.39, 0.29) is 12.2 Å². The van der Waals surface area contributed by atoms with Gasteiger partial charge in [-0.25, -0.2) is 9.67 Å². The second-order valence-corrected chi connectivity index (χ2v) is 4.35. The molecule has 2 heterocycles. The molecule has 0 aliphatic rings. The smallest absolute Gasteiger partial charge is 0.180 e. The van der Waals surface area contributed by atoms with Gasteiger partial charge in [-0.05, 0) is 6.92 Å². The van der Waals surface area contributed by atoms with Crippen LogP contribution in [0.4, 0.5) is 0 Å². The zero-order chi connectivity index (χ0) is 12.3.